The van der Waals surface area contributed by atoms with Crippen LogP contribution in [-0.2, 0) is 6.18 Å². The number of aromatic nitrogens is 3. The molecule has 1 spiro atoms. The van der Waals surface area contributed by atoms with Crippen molar-refractivity contribution in [2.75, 3.05) is 31.2 Å². The Morgan fingerprint density at radius 3 is 2.65 bits per heavy atom. The van der Waals surface area contributed by atoms with Gasteiger partial charge in [-0.15, -0.1) is 0 Å². The second-order valence-corrected chi connectivity index (χ2v) is 9.07. The normalized spacial score (nSPS) is 17.4. The van der Waals surface area contributed by atoms with E-state index >= 15 is 0 Å². The number of nitrogens with one attached hydrogen (secondary N) is 1. The molecule has 34 heavy (non-hydrogen) atoms. The molecule has 3 amide bonds. The number of nitrogens with zero attached hydrogens (tertiary/aromatic N) is 5. The van der Waals surface area contributed by atoms with Crippen molar-refractivity contribution in [1.29, 1.82) is 0 Å². The molecule has 4 heterocycles. The van der Waals surface area contributed by atoms with Crippen LogP contribution in [0.4, 0.5) is 29.3 Å². The molecule has 0 bridgehead atoms. The van der Waals surface area contributed by atoms with Gasteiger partial charge in [-0.2, -0.15) is 18.3 Å². The van der Waals surface area contributed by atoms with Crippen LogP contribution in [0.2, 0.25) is 0 Å². The van der Waals surface area contributed by atoms with Gasteiger partial charge in [0.25, 0.3) is 5.91 Å². The predicted molar refractivity (Wildman–Crippen MR) is 117 cm³/mol. The lowest BCUT2D eigenvalue weighted by Crippen LogP contribution is -2.67. The van der Waals surface area contributed by atoms with Crippen LogP contribution in [0.1, 0.15) is 28.8 Å². The number of hydrogen-bond acceptors (Lipinski definition) is 5. The Bertz CT molecular complexity index is 1270. The van der Waals surface area contributed by atoms with Crippen molar-refractivity contribution in [2.24, 2.45) is 5.41 Å². The number of nitrogens with two attached hydrogens (primary N) is 1. The van der Waals surface area contributed by atoms with Crippen LogP contribution in [-0.4, -0.2) is 62.5 Å². The van der Waals surface area contributed by atoms with Gasteiger partial charge in [0.2, 0.25) is 0 Å². The summed E-state index contributed by atoms with van der Waals surface area (Å²) in [6, 6.07) is 3.70. The number of carbonyl (C=O) groups excluding carboxylic acids is 2. The molecule has 2 aliphatic rings. The molecule has 1 aliphatic carbocycles. The van der Waals surface area contributed by atoms with Crippen molar-refractivity contribution in [3.63, 3.8) is 0 Å². The summed E-state index contributed by atoms with van der Waals surface area (Å²) in [6.45, 7) is 1.16. The number of anilines is 2. The number of carbonyl (C=O) groups is 2. The summed E-state index contributed by atoms with van der Waals surface area (Å²) in [7, 11) is 1.61. The first kappa shape index (κ1) is 22.0. The molecule has 1 aliphatic heterocycles. The Morgan fingerprint density at radius 2 is 1.94 bits per heavy atom. The fourth-order valence-electron chi connectivity index (χ4n) is 4.75. The summed E-state index contributed by atoms with van der Waals surface area (Å²) < 4.78 is 40.2. The summed E-state index contributed by atoms with van der Waals surface area (Å²) >= 11 is 0. The van der Waals surface area contributed by atoms with E-state index in [1.54, 1.807) is 34.8 Å². The van der Waals surface area contributed by atoms with E-state index in [0.717, 1.165) is 6.07 Å². The molecule has 0 aromatic carbocycles. The first-order valence-corrected chi connectivity index (χ1v) is 10.6. The third-order valence-corrected chi connectivity index (χ3v) is 6.64. The SMILES string of the molecule is CN(C(=O)Nc1cncc(C(F)(F)F)c1)C1CC2(C1)CN(C(=O)c1cnn3ccc(N)cc13)C2. The average molecular weight is 473 g/mol. The monoisotopic (exact) mass is 473 g/mol. The molecule has 0 radical (unpaired) electrons. The van der Waals surface area contributed by atoms with Gasteiger partial charge in [0.05, 0.1) is 34.7 Å². The van der Waals surface area contributed by atoms with Gasteiger partial charge < -0.3 is 20.9 Å². The van der Waals surface area contributed by atoms with Crippen molar-refractivity contribution in [1.82, 2.24) is 24.4 Å². The highest BCUT2D eigenvalue weighted by Crippen LogP contribution is 2.50. The highest BCUT2D eigenvalue weighted by Gasteiger charge is 2.55. The number of alkyl halides is 3. The van der Waals surface area contributed by atoms with E-state index < -0.39 is 17.8 Å². The standard InChI is InChI=1S/C22H22F3N7O2/c1-30(20(34)29-15-4-13(8-27-9-15)22(23,24)25)16-6-21(7-16)11-31(12-21)19(33)17-10-28-32-3-2-14(26)5-18(17)32/h2-5,8-10,16H,6-7,11-12,26H2,1H3,(H,29,34). The fraction of sp³-hybridized carbons (Fsp3) is 0.364. The number of urea groups is 1. The Labute approximate surface area is 192 Å². The Balaban J connectivity index is 1.16. The molecule has 3 N–H and O–H groups in total. The minimum absolute atomic E-state index is 0.0184. The molecule has 12 heteroatoms. The lowest BCUT2D eigenvalue weighted by molar-refractivity contribution is -0.137. The fourth-order valence-corrected chi connectivity index (χ4v) is 4.75. The smallest absolute Gasteiger partial charge is 0.399 e. The van der Waals surface area contributed by atoms with Gasteiger partial charge in [-0.3, -0.25) is 9.78 Å². The summed E-state index contributed by atoms with van der Waals surface area (Å²) in [6.07, 6.45) is 2.00. The van der Waals surface area contributed by atoms with E-state index in [0.29, 0.717) is 48.9 Å². The molecular formula is C22H22F3N7O2. The Morgan fingerprint density at radius 1 is 1.21 bits per heavy atom. The maximum atomic E-state index is 12.9. The van der Waals surface area contributed by atoms with Gasteiger partial charge >= 0.3 is 12.2 Å². The van der Waals surface area contributed by atoms with Gasteiger partial charge in [0.15, 0.2) is 0 Å². The number of nitrogen functional groups attached to an aromatic ring is 1. The summed E-state index contributed by atoms with van der Waals surface area (Å²) in [4.78, 5) is 32.3. The van der Waals surface area contributed by atoms with Gasteiger partial charge in [-0.25, -0.2) is 9.31 Å². The highest BCUT2D eigenvalue weighted by atomic mass is 19.4. The first-order valence-electron chi connectivity index (χ1n) is 10.6. The number of halogens is 3. The molecule has 178 valence electrons. The summed E-state index contributed by atoms with van der Waals surface area (Å²) in [5.74, 6) is -0.113. The first-order chi connectivity index (χ1) is 16.0. The number of rotatable bonds is 3. The van der Waals surface area contributed by atoms with E-state index in [-0.39, 0.29) is 23.1 Å². The number of pyridine rings is 2. The number of likely N-dealkylation sites (tertiary alicyclic amines) is 1. The van der Waals surface area contributed by atoms with Crippen LogP contribution >= 0.6 is 0 Å². The largest absolute Gasteiger partial charge is 0.417 e. The molecule has 2 fully saturated rings. The second-order valence-electron chi connectivity index (χ2n) is 9.07. The van der Waals surface area contributed by atoms with Gasteiger partial charge in [-0.1, -0.05) is 0 Å². The molecule has 3 aromatic rings. The highest BCUT2D eigenvalue weighted by molar-refractivity contribution is 6.01. The average Bonchev–Trinajstić information content (AvgIpc) is 3.14. The van der Waals surface area contributed by atoms with Crippen LogP contribution in [0.3, 0.4) is 0 Å². The molecule has 5 rings (SSSR count). The van der Waals surface area contributed by atoms with Crippen LogP contribution in [0.25, 0.3) is 5.52 Å². The lowest BCUT2D eigenvalue weighted by atomic mass is 9.60. The predicted octanol–water partition coefficient (Wildman–Crippen LogP) is 3.10. The maximum absolute atomic E-state index is 12.9. The van der Waals surface area contributed by atoms with Crippen LogP contribution in [0, 0.1) is 5.41 Å². The number of amides is 3. The van der Waals surface area contributed by atoms with E-state index in [1.165, 1.54) is 17.3 Å². The lowest BCUT2D eigenvalue weighted by Gasteiger charge is -2.60. The summed E-state index contributed by atoms with van der Waals surface area (Å²) in [5.41, 5.74) is 6.53. The second kappa shape index (κ2) is 7.61. The zero-order chi connectivity index (χ0) is 24.3. The van der Waals surface area contributed by atoms with Crippen molar-refractivity contribution < 1.29 is 22.8 Å². The van der Waals surface area contributed by atoms with E-state index in [1.807, 2.05) is 0 Å². The van der Waals surface area contributed by atoms with E-state index in [4.69, 9.17) is 5.73 Å². The number of fused-ring (bicyclic) bond motifs is 1. The third kappa shape index (κ3) is 3.78. The topological polar surface area (TPSA) is 109 Å². The Hall–Kier alpha value is -3.83. The van der Waals surface area contributed by atoms with Gasteiger partial charge in [0, 0.05) is 49.7 Å². The quantitative estimate of drug-likeness (QED) is 0.608. The molecule has 0 unspecified atom stereocenters. The third-order valence-electron chi connectivity index (χ3n) is 6.64. The van der Waals surface area contributed by atoms with Crippen LogP contribution in [0.15, 0.2) is 43.0 Å². The van der Waals surface area contributed by atoms with Gasteiger partial charge in [-0.05, 0) is 31.0 Å². The molecule has 1 saturated carbocycles. The van der Waals surface area contributed by atoms with Crippen molar-refractivity contribution in [2.45, 2.75) is 25.1 Å². The molecule has 0 atom stereocenters. The zero-order valence-corrected chi connectivity index (χ0v) is 18.2. The summed E-state index contributed by atoms with van der Waals surface area (Å²) in [5, 5.41) is 6.67. The zero-order valence-electron chi connectivity index (χ0n) is 18.2. The molecule has 9 nitrogen and oxygen atoms in total. The number of hydrogen-bond donors (Lipinski definition) is 2. The van der Waals surface area contributed by atoms with E-state index in [2.05, 4.69) is 15.4 Å². The van der Waals surface area contributed by atoms with E-state index in [9.17, 15) is 22.8 Å². The Kier molecular flexibility index (Phi) is 4.92. The molecule has 1 saturated heterocycles. The van der Waals surface area contributed by atoms with Crippen LogP contribution in [0.5, 0.6) is 0 Å². The van der Waals surface area contributed by atoms with Crippen molar-refractivity contribution in [3.05, 3.63) is 54.1 Å². The van der Waals surface area contributed by atoms with Gasteiger partial charge in [0.1, 0.15) is 0 Å². The minimum atomic E-state index is -4.54. The molecule has 3 aromatic heterocycles. The van der Waals surface area contributed by atoms with Crippen molar-refractivity contribution >= 4 is 28.8 Å². The van der Waals surface area contributed by atoms with Crippen molar-refractivity contribution in [3.8, 4) is 0 Å². The molecular weight excluding hydrogens is 451 g/mol. The minimum Gasteiger partial charge on any atom is -0.399 e. The van der Waals surface area contributed by atoms with Crippen LogP contribution < -0.4 is 11.1 Å². The maximum Gasteiger partial charge on any atom is 0.417 e.